The minimum atomic E-state index is -0.657. The van der Waals surface area contributed by atoms with Crippen molar-refractivity contribution in [2.24, 2.45) is 5.92 Å². The van der Waals surface area contributed by atoms with Crippen molar-refractivity contribution in [1.82, 2.24) is 20.2 Å². The number of aromatic nitrogens is 2. The smallest absolute Gasteiger partial charge is 0.254 e. The van der Waals surface area contributed by atoms with Crippen LogP contribution in [0.4, 0.5) is 0 Å². The number of para-hydroxylation sites is 2. The van der Waals surface area contributed by atoms with Gasteiger partial charge >= 0.3 is 0 Å². The topological polar surface area (TPSA) is 91.2 Å². The van der Waals surface area contributed by atoms with Crippen LogP contribution < -0.4 is 5.32 Å². The Bertz CT molecular complexity index is 1350. The summed E-state index contributed by atoms with van der Waals surface area (Å²) in [5, 5.41) is 4.01. The molecule has 7 heteroatoms. The molecule has 2 aliphatic rings. The number of carbonyl (C=O) groups excluding carboxylic acids is 2. The quantitative estimate of drug-likeness (QED) is 0.507. The van der Waals surface area contributed by atoms with Crippen LogP contribution in [0.5, 0.6) is 0 Å². The summed E-state index contributed by atoms with van der Waals surface area (Å²) in [4.78, 5) is 36.1. The van der Waals surface area contributed by atoms with Gasteiger partial charge in [0.2, 0.25) is 5.91 Å². The van der Waals surface area contributed by atoms with Crippen molar-refractivity contribution in [3.05, 3.63) is 65.2 Å². The Morgan fingerprint density at radius 2 is 2.12 bits per heavy atom. The third kappa shape index (κ3) is 3.48. The van der Waals surface area contributed by atoms with E-state index in [1.807, 2.05) is 42.5 Å². The van der Waals surface area contributed by atoms with Crippen molar-refractivity contribution in [3.8, 4) is 0 Å². The van der Waals surface area contributed by atoms with E-state index in [2.05, 4.69) is 22.2 Å². The molecular weight excluding hydrogens is 416 g/mol. The number of nitrogens with zero attached hydrogens (tertiary/aromatic N) is 2. The maximum atomic E-state index is 13.6. The van der Waals surface area contributed by atoms with Crippen LogP contribution in [0.2, 0.25) is 0 Å². The first-order chi connectivity index (χ1) is 16.1. The van der Waals surface area contributed by atoms with E-state index in [0.717, 1.165) is 29.3 Å². The predicted molar refractivity (Wildman–Crippen MR) is 125 cm³/mol. The number of piperazine rings is 1. The molecule has 6 rings (SSSR count). The van der Waals surface area contributed by atoms with Crippen LogP contribution in [0.25, 0.3) is 22.0 Å². The molecule has 2 unspecified atom stereocenters. The second-order valence-electron chi connectivity index (χ2n) is 9.28. The molecule has 2 aromatic heterocycles. The minimum absolute atomic E-state index is 0.133. The largest absolute Gasteiger partial charge is 0.441 e. The molecule has 0 bridgehead atoms. The van der Waals surface area contributed by atoms with Gasteiger partial charge in [0.25, 0.3) is 5.91 Å². The molecule has 7 nitrogen and oxygen atoms in total. The van der Waals surface area contributed by atoms with Crippen LogP contribution in [0.3, 0.4) is 0 Å². The third-order valence-corrected chi connectivity index (χ3v) is 6.98. The molecule has 2 aromatic carbocycles. The summed E-state index contributed by atoms with van der Waals surface area (Å²) in [5.74, 6) is 0.792. The minimum Gasteiger partial charge on any atom is -0.441 e. The molecule has 0 radical (unpaired) electrons. The molecule has 1 saturated heterocycles. The van der Waals surface area contributed by atoms with Crippen molar-refractivity contribution >= 4 is 33.8 Å². The van der Waals surface area contributed by atoms with E-state index in [0.29, 0.717) is 36.0 Å². The zero-order valence-corrected chi connectivity index (χ0v) is 18.6. The number of benzene rings is 2. The Balaban J connectivity index is 1.32. The molecule has 4 aromatic rings. The number of fused-ring (bicyclic) bond motifs is 4. The number of oxazole rings is 1. The molecule has 2 amide bonds. The van der Waals surface area contributed by atoms with Gasteiger partial charge in [0, 0.05) is 35.2 Å². The molecule has 1 aliphatic heterocycles. The van der Waals surface area contributed by atoms with E-state index in [9.17, 15) is 9.59 Å². The Morgan fingerprint density at radius 1 is 1.24 bits per heavy atom. The van der Waals surface area contributed by atoms with Gasteiger partial charge in [0.05, 0.1) is 6.42 Å². The van der Waals surface area contributed by atoms with E-state index in [-0.39, 0.29) is 18.2 Å². The summed E-state index contributed by atoms with van der Waals surface area (Å²) >= 11 is 0. The zero-order valence-electron chi connectivity index (χ0n) is 18.6. The average molecular weight is 443 g/mol. The Labute approximate surface area is 191 Å². The Kier molecular flexibility index (Phi) is 4.71. The second kappa shape index (κ2) is 7.76. The fourth-order valence-corrected chi connectivity index (χ4v) is 5.22. The van der Waals surface area contributed by atoms with Crippen molar-refractivity contribution in [1.29, 1.82) is 0 Å². The lowest BCUT2D eigenvalue weighted by Gasteiger charge is -2.34. The van der Waals surface area contributed by atoms with Gasteiger partial charge in [0.15, 0.2) is 11.5 Å². The summed E-state index contributed by atoms with van der Waals surface area (Å²) in [5.41, 5.74) is 5.73. The molecule has 2 atom stereocenters. The van der Waals surface area contributed by atoms with Gasteiger partial charge in [-0.25, -0.2) is 4.98 Å². The monoisotopic (exact) mass is 442 g/mol. The molecule has 0 saturated carbocycles. The fourth-order valence-electron chi connectivity index (χ4n) is 5.22. The van der Waals surface area contributed by atoms with E-state index in [1.54, 1.807) is 4.90 Å². The molecule has 1 aliphatic carbocycles. The lowest BCUT2D eigenvalue weighted by molar-refractivity contribution is -0.127. The molecule has 0 spiro atoms. The van der Waals surface area contributed by atoms with Crippen LogP contribution in [-0.2, 0) is 24.1 Å². The van der Waals surface area contributed by atoms with Crippen LogP contribution in [-0.4, -0.2) is 45.8 Å². The first-order valence-electron chi connectivity index (χ1n) is 11.6. The lowest BCUT2D eigenvalue weighted by atomic mass is 9.87. The molecule has 3 heterocycles. The highest BCUT2D eigenvalue weighted by Crippen LogP contribution is 2.32. The lowest BCUT2D eigenvalue weighted by Crippen LogP contribution is -2.58. The fraction of sp³-hybridized carbons (Fsp3) is 0.346. The van der Waals surface area contributed by atoms with E-state index >= 15 is 0 Å². The summed E-state index contributed by atoms with van der Waals surface area (Å²) in [6.45, 7) is 3.17. The van der Waals surface area contributed by atoms with Crippen molar-refractivity contribution < 1.29 is 14.0 Å². The van der Waals surface area contributed by atoms with Crippen LogP contribution in [0, 0.1) is 5.92 Å². The normalized spacial score (nSPS) is 20.8. The highest BCUT2D eigenvalue weighted by Gasteiger charge is 2.35. The molecular formula is C26H26N4O3. The number of rotatable bonds is 3. The zero-order chi connectivity index (χ0) is 22.5. The van der Waals surface area contributed by atoms with Gasteiger partial charge in [0.1, 0.15) is 11.6 Å². The first kappa shape index (κ1) is 20.0. The number of hydrogen-bond acceptors (Lipinski definition) is 4. The van der Waals surface area contributed by atoms with Crippen molar-refractivity contribution in [2.45, 2.75) is 38.6 Å². The van der Waals surface area contributed by atoms with Crippen molar-refractivity contribution in [3.63, 3.8) is 0 Å². The van der Waals surface area contributed by atoms with E-state index < -0.39 is 6.04 Å². The Morgan fingerprint density at radius 3 is 3.00 bits per heavy atom. The number of amides is 2. The SMILES string of the molecule is CC1CCc2[nH]c3ccc(C(=O)N4CCNC(=O)C4Cc4nc5ccccc5o4)cc3c2C1. The summed E-state index contributed by atoms with van der Waals surface area (Å²) in [6.07, 6.45) is 3.50. The molecule has 33 heavy (non-hydrogen) atoms. The Hall–Kier alpha value is -3.61. The van der Waals surface area contributed by atoms with Crippen LogP contribution >= 0.6 is 0 Å². The van der Waals surface area contributed by atoms with Gasteiger partial charge in [-0.1, -0.05) is 19.1 Å². The van der Waals surface area contributed by atoms with Crippen LogP contribution in [0.1, 0.15) is 40.9 Å². The maximum Gasteiger partial charge on any atom is 0.254 e. The maximum absolute atomic E-state index is 13.6. The predicted octanol–water partition coefficient (Wildman–Crippen LogP) is 3.62. The second-order valence-corrected chi connectivity index (χ2v) is 9.28. The number of nitrogens with one attached hydrogen (secondary N) is 2. The number of aryl methyl sites for hydroxylation is 1. The van der Waals surface area contributed by atoms with Gasteiger partial charge in [-0.15, -0.1) is 0 Å². The molecule has 168 valence electrons. The number of aromatic amines is 1. The number of H-pyrrole nitrogens is 1. The van der Waals surface area contributed by atoms with E-state index in [4.69, 9.17) is 4.42 Å². The summed E-state index contributed by atoms with van der Waals surface area (Å²) in [6, 6.07) is 12.7. The van der Waals surface area contributed by atoms with E-state index in [1.165, 1.54) is 17.7 Å². The third-order valence-electron chi connectivity index (χ3n) is 6.98. The molecule has 2 N–H and O–H groups in total. The highest BCUT2D eigenvalue weighted by atomic mass is 16.3. The average Bonchev–Trinajstić information content (AvgIpc) is 3.40. The highest BCUT2D eigenvalue weighted by molar-refractivity contribution is 6.01. The van der Waals surface area contributed by atoms with Gasteiger partial charge in [-0.3, -0.25) is 9.59 Å². The first-order valence-corrected chi connectivity index (χ1v) is 11.6. The number of hydrogen-bond donors (Lipinski definition) is 2. The van der Waals surface area contributed by atoms with Gasteiger partial charge < -0.3 is 19.6 Å². The van der Waals surface area contributed by atoms with Gasteiger partial charge in [-0.05, 0) is 61.1 Å². The molecule has 1 fully saturated rings. The standard InChI is InChI=1S/C26H26N4O3/c1-15-6-8-19-17(12-15)18-13-16(7-9-20(18)28-19)26(32)30-11-10-27-25(31)22(30)14-24-29-21-4-2-3-5-23(21)33-24/h2-5,7,9,13,15,22,28H,6,8,10-12,14H2,1H3,(H,27,31). The summed E-state index contributed by atoms with van der Waals surface area (Å²) in [7, 11) is 0. The summed E-state index contributed by atoms with van der Waals surface area (Å²) < 4.78 is 5.84. The van der Waals surface area contributed by atoms with Crippen molar-refractivity contribution in [2.75, 3.05) is 13.1 Å². The van der Waals surface area contributed by atoms with Gasteiger partial charge in [-0.2, -0.15) is 0 Å². The number of carbonyl (C=O) groups is 2. The van der Waals surface area contributed by atoms with Crippen LogP contribution in [0.15, 0.2) is 46.9 Å².